The number of rotatable bonds is 3. The Hall–Kier alpha value is -0.0400. The Morgan fingerprint density at radius 1 is 1.57 bits per heavy atom. The third-order valence-electron chi connectivity index (χ3n) is 0.569. The van der Waals surface area contributed by atoms with Crippen molar-refractivity contribution in [3.05, 3.63) is 6.92 Å². The summed E-state index contributed by atoms with van der Waals surface area (Å²) in [4.78, 5) is 0. The summed E-state index contributed by atoms with van der Waals surface area (Å²) in [6.45, 7) is 9.82. The molecule has 0 rings (SSSR count). The average molecular weight is 100 g/mol. The van der Waals surface area contributed by atoms with Crippen LogP contribution in [0.15, 0.2) is 0 Å². The van der Waals surface area contributed by atoms with E-state index in [-0.39, 0.29) is 0 Å². The molecule has 0 aliphatic rings. The number of hydrogen-bond acceptors (Lipinski definition) is 1. The van der Waals surface area contributed by atoms with Gasteiger partial charge >= 0.3 is 0 Å². The van der Waals surface area contributed by atoms with Gasteiger partial charge in [-0.1, -0.05) is 0 Å². The Balaban J connectivity index is 2.68. The van der Waals surface area contributed by atoms with Crippen LogP contribution < -0.4 is 0 Å². The molecular weight excluding hydrogens is 88.1 g/mol. The minimum atomic E-state index is 0.323. The molecule has 0 aromatic carbocycles. The van der Waals surface area contributed by atoms with Crippen LogP contribution >= 0.6 is 0 Å². The van der Waals surface area contributed by atoms with Crippen molar-refractivity contribution in [3.63, 3.8) is 0 Å². The molecule has 0 spiro atoms. The molecular formula is C6H12O. The van der Waals surface area contributed by atoms with E-state index >= 15 is 0 Å². The second-order valence-corrected chi connectivity index (χ2v) is 1.71. The van der Waals surface area contributed by atoms with Gasteiger partial charge < -0.3 is 4.74 Å². The summed E-state index contributed by atoms with van der Waals surface area (Å²) >= 11 is 0. The van der Waals surface area contributed by atoms with E-state index < -0.39 is 0 Å². The fourth-order valence-corrected chi connectivity index (χ4v) is 0.304. The summed E-state index contributed by atoms with van der Waals surface area (Å²) in [5.41, 5.74) is 0. The second-order valence-electron chi connectivity index (χ2n) is 1.71. The van der Waals surface area contributed by atoms with E-state index in [9.17, 15) is 0 Å². The normalized spacial score (nSPS) is 10.3. The highest BCUT2D eigenvalue weighted by atomic mass is 16.5. The molecule has 0 aliphatic carbocycles. The molecule has 2 radical (unpaired) electrons. The van der Waals surface area contributed by atoms with E-state index in [1.165, 1.54) is 0 Å². The molecule has 0 amide bonds. The lowest BCUT2D eigenvalue weighted by Gasteiger charge is -2.02. The first-order chi connectivity index (χ1) is 3.27. The molecule has 0 saturated carbocycles. The van der Waals surface area contributed by atoms with Gasteiger partial charge in [-0.3, -0.25) is 0 Å². The van der Waals surface area contributed by atoms with E-state index in [0.29, 0.717) is 19.1 Å². The molecule has 7 heavy (non-hydrogen) atoms. The first-order valence-electron chi connectivity index (χ1n) is 2.59. The van der Waals surface area contributed by atoms with Gasteiger partial charge in [0.15, 0.2) is 0 Å². The zero-order chi connectivity index (χ0) is 5.70. The zero-order valence-corrected chi connectivity index (χ0v) is 4.98. The summed E-state index contributed by atoms with van der Waals surface area (Å²) in [6, 6.07) is 0. The third-order valence-corrected chi connectivity index (χ3v) is 0.569. The van der Waals surface area contributed by atoms with Crippen molar-refractivity contribution >= 4 is 0 Å². The first-order valence-corrected chi connectivity index (χ1v) is 2.59. The molecule has 0 atom stereocenters. The number of hydrogen-bond donors (Lipinski definition) is 0. The Kier molecular flexibility index (Phi) is 4.10. The van der Waals surface area contributed by atoms with Crippen LogP contribution in [0.1, 0.15) is 20.3 Å². The van der Waals surface area contributed by atoms with Crippen molar-refractivity contribution in [1.29, 1.82) is 0 Å². The second kappa shape index (κ2) is 4.13. The molecule has 0 fully saturated rings. The van der Waals surface area contributed by atoms with Gasteiger partial charge in [0.1, 0.15) is 0 Å². The van der Waals surface area contributed by atoms with E-state index in [2.05, 4.69) is 0 Å². The Labute approximate surface area is 45.7 Å². The van der Waals surface area contributed by atoms with Crippen molar-refractivity contribution in [1.82, 2.24) is 0 Å². The highest BCUT2D eigenvalue weighted by Gasteiger charge is 1.87. The average Bonchev–Trinajstić information content (AvgIpc) is 1.61. The standard InChI is InChI=1S/C6H12O/c1-4-5-7-6(2)3/h1,6H,4-5H2,2-3H3. The molecule has 0 N–H and O–H groups in total. The maximum atomic E-state index is 5.15. The van der Waals surface area contributed by atoms with Crippen LogP contribution in [0.2, 0.25) is 0 Å². The van der Waals surface area contributed by atoms with E-state index in [0.717, 1.165) is 0 Å². The molecule has 0 heterocycles. The van der Waals surface area contributed by atoms with E-state index in [1.54, 1.807) is 0 Å². The maximum absolute atomic E-state index is 5.15. The van der Waals surface area contributed by atoms with Crippen molar-refractivity contribution < 1.29 is 4.74 Å². The zero-order valence-electron chi connectivity index (χ0n) is 4.98. The highest BCUT2D eigenvalue weighted by molar-refractivity contribution is 4.39. The SMILES string of the molecule is [CH]CCOC(C)C. The lowest BCUT2D eigenvalue weighted by atomic mass is 10.4. The van der Waals surface area contributed by atoms with Crippen LogP contribution in [-0.2, 0) is 4.74 Å². The third kappa shape index (κ3) is 5.96. The Morgan fingerprint density at radius 3 is 2.29 bits per heavy atom. The van der Waals surface area contributed by atoms with Gasteiger partial charge in [0.05, 0.1) is 6.10 Å². The summed E-state index contributed by atoms with van der Waals surface area (Å²) in [5.74, 6) is 0. The van der Waals surface area contributed by atoms with Crippen molar-refractivity contribution in [3.8, 4) is 0 Å². The largest absolute Gasteiger partial charge is 0.379 e. The molecule has 1 nitrogen and oxygen atoms in total. The van der Waals surface area contributed by atoms with Crippen LogP contribution in [0, 0.1) is 6.92 Å². The Bertz CT molecular complexity index is 33.2. The van der Waals surface area contributed by atoms with Crippen LogP contribution in [-0.4, -0.2) is 12.7 Å². The summed E-state index contributed by atoms with van der Waals surface area (Å²) in [7, 11) is 0. The van der Waals surface area contributed by atoms with Gasteiger partial charge in [0.2, 0.25) is 0 Å². The topological polar surface area (TPSA) is 9.23 Å². The van der Waals surface area contributed by atoms with Crippen molar-refractivity contribution in [2.75, 3.05) is 6.61 Å². The van der Waals surface area contributed by atoms with E-state index in [4.69, 9.17) is 11.7 Å². The molecule has 1 heteroatoms. The quantitative estimate of drug-likeness (QED) is 0.522. The van der Waals surface area contributed by atoms with Crippen molar-refractivity contribution in [2.24, 2.45) is 0 Å². The predicted molar refractivity (Wildman–Crippen MR) is 30.0 cm³/mol. The van der Waals surface area contributed by atoms with Crippen LogP contribution in [0.4, 0.5) is 0 Å². The highest BCUT2D eigenvalue weighted by Crippen LogP contribution is 1.87. The van der Waals surface area contributed by atoms with Crippen LogP contribution in [0.5, 0.6) is 0 Å². The molecule has 0 aromatic heterocycles. The summed E-state index contributed by atoms with van der Waals surface area (Å²) < 4.78 is 5.07. The molecule has 0 aliphatic heterocycles. The smallest absolute Gasteiger partial charge is 0.0518 e. The lowest BCUT2D eigenvalue weighted by Crippen LogP contribution is -2.02. The fraction of sp³-hybridized carbons (Fsp3) is 0.833. The van der Waals surface area contributed by atoms with Gasteiger partial charge in [0.25, 0.3) is 0 Å². The Morgan fingerprint density at radius 2 is 2.14 bits per heavy atom. The van der Waals surface area contributed by atoms with Crippen LogP contribution in [0.25, 0.3) is 0 Å². The maximum Gasteiger partial charge on any atom is 0.0518 e. The molecule has 0 bridgehead atoms. The van der Waals surface area contributed by atoms with Gasteiger partial charge in [0, 0.05) is 6.61 Å². The minimum Gasteiger partial charge on any atom is -0.379 e. The van der Waals surface area contributed by atoms with Gasteiger partial charge in [-0.15, -0.1) is 0 Å². The van der Waals surface area contributed by atoms with Gasteiger partial charge in [-0.2, -0.15) is 0 Å². The van der Waals surface area contributed by atoms with E-state index in [1.807, 2.05) is 13.8 Å². The molecule has 0 unspecified atom stereocenters. The monoisotopic (exact) mass is 100 g/mol. The minimum absolute atomic E-state index is 0.323. The molecule has 0 aromatic rings. The molecule has 42 valence electrons. The van der Waals surface area contributed by atoms with Crippen LogP contribution in [0.3, 0.4) is 0 Å². The van der Waals surface area contributed by atoms with Gasteiger partial charge in [-0.25, -0.2) is 0 Å². The van der Waals surface area contributed by atoms with Gasteiger partial charge in [-0.05, 0) is 27.2 Å². The number of ether oxygens (including phenoxy) is 1. The summed E-state index contributed by atoms with van der Waals surface area (Å²) in [6.07, 6.45) is 0.946. The predicted octanol–water partition coefficient (Wildman–Crippen LogP) is 1.51. The first kappa shape index (κ1) is 6.96. The summed E-state index contributed by atoms with van der Waals surface area (Å²) in [5, 5.41) is 0. The fourth-order valence-electron chi connectivity index (χ4n) is 0.304. The van der Waals surface area contributed by atoms with Crippen molar-refractivity contribution in [2.45, 2.75) is 26.4 Å². The lowest BCUT2D eigenvalue weighted by molar-refractivity contribution is 0.0823. The molecule has 0 saturated heterocycles.